The maximum Gasteiger partial charge on any atom is 0.522 e. The second kappa shape index (κ2) is 12.9. The number of hydrogen-bond acceptors (Lipinski definition) is 6. The summed E-state index contributed by atoms with van der Waals surface area (Å²) in [6.07, 6.45) is 1.14. The van der Waals surface area contributed by atoms with Gasteiger partial charge < -0.3 is 4.74 Å². The first-order valence-electron chi connectivity index (χ1n) is 17.0. The molecule has 5 aromatic rings. The molecular formula is C38H36ClFN3O6S2+. The van der Waals surface area contributed by atoms with Gasteiger partial charge in [-0.05, 0) is 30.3 Å². The van der Waals surface area contributed by atoms with E-state index in [0.717, 1.165) is 11.3 Å². The molecule has 264 valence electrons. The first-order chi connectivity index (χ1) is 24.5. The summed E-state index contributed by atoms with van der Waals surface area (Å²) in [6.45, 7) is 0.849. The third-order valence-corrected chi connectivity index (χ3v) is 15.2. The Morgan fingerprint density at radius 2 is 1.10 bits per heavy atom. The van der Waals surface area contributed by atoms with E-state index < -0.39 is 32.0 Å². The SMILES string of the molecule is O=C1OCc2ccccc2[N+]1(C1CCN(S(=O)(=O)c2ccc(F)c3ccccc23)CC1)C1CCN(S(=O)(=O)c2ccc(Cl)c3ccccc23)CC1. The topological polar surface area (TPSA) is 101 Å². The molecule has 2 fully saturated rings. The van der Waals surface area contributed by atoms with Crippen molar-refractivity contribution in [1.29, 1.82) is 0 Å². The zero-order chi connectivity index (χ0) is 35.5. The van der Waals surface area contributed by atoms with Gasteiger partial charge in [0.15, 0.2) is 0 Å². The smallest absolute Gasteiger partial charge is 0.415 e. The van der Waals surface area contributed by atoms with Crippen molar-refractivity contribution < 1.29 is 30.8 Å². The van der Waals surface area contributed by atoms with E-state index in [1.807, 2.05) is 30.3 Å². The van der Waals surface area contributed by atoms with Gasteiger partial charge in [-0.3, -0.25) is 0 Å². The highest BCUT2D eigenvalue weighted by molar-refractivity contribution is 7.89. The number of carbonyl (C=O) groups excluding carboxylic acids is 1. The number of piperidine rings is 2. The number of nitrogens with zero attached hydrogens (tertiary/aromatic N) is 3. The van der Waals surface area contributed by atoms with E-state index in [1.54, 1.807) is 54.6 Å². The van der Waals surface area contributed by atoms with Crippen LogP contribution in [0.3, 0.4) is 0 Å². The number of quaternary nitrogens is 1. The lowest BCUT2D eigenvalue weighted by Crippen LogP contribution is -2.71. The van der Waals surface area contributed by atoms with Gasteiger partial charge in [0, 0.05) is 84.5 Å². The number of ether oxygens (including phenoxy) is 1. The lowest BCUT2D eigenvalue weighted by molar-refractivity contribution is 0.0270. The van der Waals surface area contributed by atoms with E-state index in [9.17, 15) is 26.0 Å². The Bertz CT molecular complexity index is 2270. The maximum absolute atomic E-state index is 14.6. The number of cyclic esters (lactones) is 1. The summed E-state index contributed by atoms with van der Waals surface area (Å²) in [5.41, 5.74) is 1.71. The molecule has 0 N–H and O–H groups in total. The summed E-state index contributed by atoms with van der Waals surface area (Å²) in [6, 6.07) is 26.4. The molecule has 0 spiro atoms. The molecule has 3 aliphatic heterocycles. The summed E-state index contributed by atoms with van der Waals surface area (Å²) < 4.78 is 79.5. The van der Waals surface area contributed by atoms with Crippen molar-refractivity contribution in [2.75, 3.05) is 26.2 Å². The lowest BCUT2D eigenvalue weighted by Gasteiger charge is -2.51. The first kappa shape index (κ1) is 34.2. The molecule has 51 heavy (non-hydrogen) atoms. The fraction of sp³-hybridized carbons (Fsp3) is 0.289. The molecule has 2 saturated heterocycles. The van der Waals surface area contributed by atoms with E-state index in [4.69, 9.17) is 16.3 Å². The number of hydrogen-bond donors (Lipinski definition) is 0. The van der Waals surface area contributed by atoms with Crippen molar-refractivity contribution in [3.05, 3.63) is 113 Å². The molecule has 0 saturated carbocycles. The van der Waals surface area contributed by atoms with E-state index >= 15 is 0 Å². The second-order valence-corrected chi connectivity index (χ2v) is 17.6. The zero-order valence-electron chi connectivity index (χ0n) is 27.6. The van der Waals surface area contributed by atoms with Gasteiger partial charge in [-0.15, -0.1) is 0 Å². The minimum Gasteiger partial charge on any atom is -0.415 e. The molecule has 0 aromatic heterocycles. The van der Waals surface area contributed by atoms with Crippen LogP contribution in [0, 0.1) is 5.82 Å². The van der Waals surface area contributed by atoms with Crippen LogP contribution >= 0.6 is 11.6 Å². The number of fused-ring (bicyclic) bond motifs is 3. The van der Waals surface area contributed by atoms with E-state index in [-0.39, 0.29) is 64.5 Å². The number of amides is 1. The molecule has 8 rings (SSSR count). The fourth-order valence-electron chi connectivity index (χ4n) is 8.51. The fourth-order valence-corrected chi connectivity index (χ4v) is 12.1. The normalized spacial score (nSPS) is 21.5. The van der Waals surface area contributed by atoms with Crippen LogP contribution in [0.1, 0.15) is 31.2 Å². The van der Waals surface area contributed by atoms with E-state index in [1.165, 1.54) is 20.7 Å². The van der Waals surface area contributed by atoms with Crippen LogP contribution in [-0.2, 0) is 31.4 Å². The Morgan fingerprint density at radius 3 is 1.69 bits per heavy atom. The molecule has 13 heteroatoms. The average molecular weight is 749 g/mol. The van der Waals surface area contributed by atoms with Crippen molar-refractivity contribution in [2.24, 2.45) is 0 Å². The van der Waals surface area contributed by atoms with Gasteiger partial charge in [0.2, 0.25) is 20.0 Å². The van der Waals surface area contributed by atoms with Crippen LogP contribution in [0.25, 0.3) is 21.5 Å². The van der Waals surface area contributed by atoms with Gasteiger partial charge in [0.1, 0.15) is 30.2 Å². The molecule has 0 radical (unpaired) electrons. The minimum absolute atomic E-state index is 0.0478. The Labute approximate surface area is 301 Å². The van der Waals surface area contributed by atoms with Crippen LogP contribution in [0.5, 0.6) is 0 Å². The summed E-state index contributed by atoms with van der Waals surface area (Å²) in [7, 11) is -7.88. The number of rotatable bonds is 6. The van der Waals surface area contributed by atoms with Crippen LogP contribution in [-0.4, -0.2) is 69.8 Å². The number of halogens is 2. The first-order valence-corrected chi connectivity index (χ1v) is 20.3. The van der Waals surface area contributed by atoms with Gasteiger partial charge >= 0.3 is 6.09 Å². The largest absolute Gasteiger partial charge is 0.522 e. The minimum atomic E-state index is -3.98. The highest BCUT2D eigenvalue weighted by Gasteiger charge is 2.58. The molecule has 9 nitrogen and oxygen atoms in total. The van der Waals surface area contributed by atoms with Crippen molar-refractivity contribution in [1.82, 2.24) is 13.1 Å². The number of sulfonamides is 2. The summed E-state index contributed by atoms with van der Waals surface area (Å²) in [4.78, 5) is 14.5. The quantitative estimate of drug-likeness (QED) is 0.167. The Hall–Kier alpha value is -3.91. The maximum atomic E-state index is 14.6. The molecule has 3 heterocycles. The van der Waals surface area contributed by atoms with Crippen LogP contribution in [0.2, 0.25) is 5.02 Å². The standard InChI is InChI=1S/C38H36ClFN3O6S2/c39-33-13-15-36(31-10-4-2-8-29(31)33)50(45,46)41-21-17-27(18-22-41)43(35-12-6-1-7-26(35)25-49-38(43)44)28-19-23-42(24-20-28)51(47,48)37-16-14-34(40)30-9-3-5-11-32(30)37/h1-16,27-28H,17-25H2/q+1. The second-order valence-electron chi connectivity index (χ2n) is 13.4. The number of para-hydroxylation sites is 1. The van der Waals surface area contributed by atoms with Crippen molar-refractivity contribution in [2.45, 2.75) is 54.2 Å². The van der Waals surface area contributed by atoms with Gasteiger partial charge in [0.25, 0.3) is 0 Å². The Kier molecular flexibility index (Phi) is 8.68. The van der Waals surface area contributed by atoms with Crippen molar-refractivity contribution >= 4 is 65.0 Å². The van der Waals surface area contributed by atoms with Gasteiger partial charge in [-0.1, -0.05) is 72.3 Å². The van der Waals surface area contributed by atoms with Crippen molar-refractivity contribution in [3.63, 3.8) is 0 Å². The zero-order valence-corrected chi connectivity index (χ0v) is 30.0. The van der Waals surface area contributed by atoms with Crippen molar-refractivity contribution in [3.8, 4) is 0 Å². The number of benzene rings is 5. The van der Waals surface area contributed by atoms with Crippen LogP contribution < -0.4 is 4.48 Å². The molecule has 3 aliphatic rings. The third kappa shape index (κ3) is 5.46. The lowest BCUT2D eigenvalue weighted by atomic mass is 9.90. The average Bonchev–Trinajstić information content (AvgIpc) is 3.15. The molecule has 1 unspecified atom stereocenters. The molecule has 0 bridgehead atoms. The van der Waals surface area contributed by atoms with E-state index in [0.29, 0.717) is 46.9 Å². The third-order valence-electron chi connectivity index (χ3n) is 10.9. The van der Waals surface area contributed by atoms with Gasteiger partial charge in [-0.2, -0.15) is 17.9 Å². The van der Waals surface area contributed by atoms with Gasteiger partial charge in [-0.25, -0.2) is 21.2 Å². The van der Waals surface area contributed by atoms with Crippen LogP contribution in [0.4, 0.5) is 14.9 Å². The molecule has 0 aliphatic carbocycles. The predicted octanol–water partition coefficient (Wildman–Crippen LogP) is 7.45. The predicted molar refractivity (Wildman–Crippen MR) is 195 cm³/mol. The number of carbonyl (C=O) groups is 1. The summed E-state index contributed by atoms with van der Waals surface area (Å²) >= 11 is 6.40. The molecule has 1 atom stereocenters. The highest BCUT2D eigenvalue weighted by atomic mass is 35.5. The highest BCUT2D eigenvalue weighted by Crippen LogP contribution is 2.45. The summed E-state index contributed by atoms with van der Waals surface area (Å²) in [5.74, 6) is -0.489. The van der Waals surface area contributed by atoms with Crippen LogP contribution in [0.15, 0.2) is 107 Å². The molecule has 5 aromatic carbocycles. The molecular weight excluding hydrogens is 713 g/mol. The van der Waals surface area contributed by atoms with E-state index in [2.05, 4.69) is 0 Å². The molecule has 1 amide bonds. The Balaban J connectivity index is 1.10. The Morgan fingerprint density at radius 1 is 0.627 bits per heavy atom. The van der Waals surface area contributed by atoms with Gasteiger partial charge in [0.05, 0.1) is 15.4 Å². The monoisotopic (exact) mass is 748 g/mol. The summed E-state index contributed by atoms with van der Waals surface area (Å²) in [5, 5.41) is 2.25.